The van der Waals surface area contributed by atoms with E-state index >= 15 is 0 Å². The predicted octanol–water partition coefficient (Wildman–Crippen LogP) is 6.34. The fourth-order valence-electron chi connectivity index (χ4n) is 6.97. The number of nitrogens with zero attached hydrogens (tertiary/aromatic N) is 6. The monoisotopic (exact) mass is 615 g/mol. The van der Waals surface area contributed by atoms with Crippen molar-refractivity contribution < 1.29 is 14.1 Å². The molecule has 1 saturated heterocycles. The Kier molecular flexibility index (Phi) is 7.43. The van der Waals surface area contributed by atoms with Crippen LogP contribution in [0.15, 0.2) is 52.4 Å². The standard InChI is InChI=1S/C34H40ClN6O3/c1-9-23-12-10-11-13-24(23)29-26(35)16-25-30(39-20(3)17-38(18-21(39)4)33(43)44-34(6,7)8)37-32(42)41-28-19(2)14-15-36-27(28)22(5)40(29)31(25)41/h9-13,15-16,19-22H,1,14,17-18H2,2-8H3/q+1/t19?,20-,21-,22?/m0/s1. The molecule has 3 aliphatic rings. The first-order valence-corrected chi connectivity index (χ1v) is 15.7. The number of amides is 1. The van der Waals surface area contributed by atoms with E-state index in [0.29, 0.717) is 23.9 Å². The molecule has 0 radical (unpaired) electrons. The Morgan fingerprint density at radius 2 is 1.82 bits per heavy atom. The highest BCUT2D eigenvalue weighted by atomic mass is 35.5. The summed E-state index contributed by atoms with van der Waals surface area (Å²) in [4.78, 5) is 40.7. The minimum atomic E-state index is -0.590. The number of fused-ring (bicyclic) bond motifs is 1. The highest BCUT2D eigenvalue weighted by Gasteiger charge is 2.44. The van der Waals surface area contributed by atoms with Crippen molar-refractivity contribution >= 4 is 52.5 Å². The van der Waals surface area contributed by atoms with Crippen LogP contribution in [0.25, 0.3) is 34.1 Å². The van der Waals surface area contributed by atoms with Gasteiger partial charge in [0.25, 0.3) is 0 Å². The lowest BCUT2D eigenvalue weighted by Crippen LogP contribution is -2.59. The van der Waals surface area contributed by atoms with Gasteiger partial charge in [0, 0.05) is 42.9 Å². The molecule has 1 fully saturated rings. The Morgan fingerprint density at radius 3 is 2.48 bits per heavy atom. The summed E-state index contributed by atoms with van der Waals surface area (Å²) in [7, 11) is 0. The van der Waals surface area contributed by atoms with E-state index in [2.05, 4.69) is 29.9 Å². The summed E-state index contributed by atoms with van der Waals surface area (Å²) in [6.45, 7) is 18.8. The third-order valence-electron chi connectivity index (χ3n) is 8.75. The number of carbonyl (C=O) groups is 1. The van der Waals surface area contributed by atoms with Crippen LogP contribution in [-0.4, -0.2) is 57.5 Å². The van der Waals surface area contributed by atoms with E-state index in [-0.39, 0.29) is 35.8 Å². The molecule has 9 nitrogen and oxygen atoms in total. The zero-order valence-electron chi connectivity index (χ0n) is 26.5. The third-order valence-corrected chi connectivity index (χ3v) is 9.03. The molecule has 0 spiro atoms. The zero-order valence-corrected chi connectivity index (χ0v) is 27.2. The van der Waals surface area contributed by atoms with Crippen molar-refractivity contribution in [1.29, 1.82) is 0 Å². The summed E-state index contributed by atoms with van der Waals surface area (Å²) in [5, 5.41) is 1.32. The molecular formula is C34H40ClN6O3+. The van der Waals surface area contributed by atoms with Gasteiger partial charge in [-0.2, -0.15) is 4.98 Å². The largest absolute Gasteiger partial charge is 0.444 e. The van der Waals surface area contributed by atoms with Crippen LogP contribution in [-0.2, 0) is 4.74 Å². The average Bonchev–Trinajstić information content (AvgIpc) is 2.95. The number of pyridine rings is 1. The number of aromatic nitrogens is 3. The van der Waals surface area contributed by atoms with Gasteiger partial charge in [-0.15, -0.1) is 4.57 Å². The number of halogens is 1. The number of allylic oxidation sites excluding steroid dienone is 2. The van der Waals surface area contributed by atoms with Gasteiger partial charge in [-0.1, -0.05) is 55.4 Å². The first-order chi connectivity index (χ1) is 20.8. The van der Waals surface area contributed by atoms with Crippen LogP contribution in [0.1, 0.15) is 66.5 Å². The third kappa shape index (κ3) is 4.82. The molecule has 0 saturated carbocycles. The number of anilines is 1. The lowest BCUT2D eigenvalue weighted by Gasteiger charge is -2.45. The fraction of sp³-hybridized carbons (Fsp3) is 0.441. The number of ether oxygens (including phenoxy) is 1. The molecule has 3 aromatic rings. The van der Waals surface area contributed by atoms with Crippen LogP contribution < -0.4 is 15.2 Å². The van der Waals surface area contributed by atoms with Gasteiger partial charge in [0.05, 0.1) is 5.02 Å². The van der Waals surface area contributed by atoms with Crippen LogP contribution >= 0.6 is 11.6 Å². The Bertz CT molecular complexity index is 1810. The summed E-state index contributed by atoms with van der Waals surface area (Å²) in [6.07, 6.45) is 4.15. The number of piperazine rings is 1. The Labute approximate surface area is 263 Å². The van der Waals surface area contributed by atoms with Crippen molar-refractivity contribution in [3.05, 3.63) is 63.7 Å². The van der Waals surface area contributed by atoms with E-state index in [4.69, 9.17) is 26.3 Å². The second kappa shape index (κ2) is 10.9. The van der Waals surface area contributed by atoms with E-state index in [1.165, 1.54) is 0 Å². The van der Waals surface area contributed by atoms with Crippen molar-refractivity contribution in [3.63, 3.8) is 0 Å². The van der Waals surface area contributed by atoms with Crippen molar-refractivity contribution in [3.8, 4) is 11.3 Å². The molecule has 6 rings (SSSR count). The van der Waals surface area contributed by atoms with Gasteiger partial charge in [-0.05, 0) is 59.6 Å². The number of hydrogen-bond donors (Lipinski definition) is 0. The molecule has 10 heteroatoms. The van der Waals surface area contributed by atoms with Crippen molar-refractivity contribution in [2.75, 3.05) is 18.0 Å². The molecule has 230 valence electrons. The molecule has 5 heterocycles. The van der Waals surface area contributed by atoms with Gasteiger partial charge in [0.2, 0.25) is 0 Å². The molecule has 0 aliphatic carbocycles. The molecular weight excluding hydrogens is 576 g/mol. The lowest BCUT2D eigenvalue weighted by molar-refractivity contribution is -0.679. The second-order valence-corrected chi connectivity index (χ2v) is 13.6. The van der Waals surface area contributed by atoms with Gasteiger partial charge < -0.3 is 14.5 Å². The van der Waals surface area contributed by atoms with Gasteiger partial charge in [0.1, 0.15) is 28.4 Å². The smallest absolute Gasteiger partial charge is 0.441 e. The SMILES string of the molecule is C=Cc1ccccc1-c1c(Cl)cc2c(N3[C@@H](C)CN(C(=O)OC(C)(C)C)C[C@@H]3C)nc(=O)n3c2[n+]1C(C)C1=C3C(C)CC=N1. The molecule has 2 aromatic heterocycles. The highest BCUT2D eigenvalue weighted by Crippen LogP contribution is 2.42. The van der Waals surface area contributed by atoms with Crippen molar-refractivity contribution in [2.24, 2.45) is 10.9 Å². The Balaban J connectivity index is 1.60. The number of carbonyl (C=O) groups excluding carboxylic acids is 1. The minimum absolute atomic E-state index is 0.0852. The summed E-state index contributed by atoms with van der Waals surface area (Å²) in [6, 6.07) is 9.45. The molecule has 3 aliphatic heterocycles. The van der Waals surface area contributed by atoms with E-state index in [1.54, 1.807) is 9.47 Å². The fourth-order valence-corrected chi connectivity index (χ4v) is 7.27. The van der Waals surface area contributed by atoms with Gasteiger partial charge in [-0.25, -0.2) is 14.2 Å². The normalized spacial score (nSPS) is 23.2. The van der Waals surface area contributed by atoms with E-state index < -0.39 is 5.60 Å². The summed E-state index contributed by atoms with van der Waals surface area (Å²) in [5.41, 5.74) is 4.17. The number of hydrogen-bond acceptors (Lipinski definition) is 6. The van der Waals surface area contributed by atoms with Crippen molar-refractivity contribution in [1.82, 2.24) is 14.5 Å². The Hall–Kier alpha value is -3.98. The van der Waals surface area contributed by atoms with E-state index in [1.807, 2.05) is 77.2 Å². The summed E-state index contributed by atoms with van der Waals surface area (Å²) < 4.78 is 9.57. The van der Waals surface area contributed by atoms with Gasteiger partial charge >= 0.3 is 17.4 Å². The molecule has 1 amide bonds. The van der Waals surface area contributed by atoms with Crippen LogP contribution in [0.5, 0.6) is 0 Å². The summed E-state index contributed by atoms with van der Waals surface area (Å²) >= 11 is 7.23. The molecule has 2 unspecified atom stereocenters. The topological polar surface area (TPSA) is 83.9 Å². The van der Waals surface area contributed by atoms with E-state index in [0.717, 1.165) is 45.7 Å². The molecule has 44 heavy (non-hydrogen) atoms. The average molecular weight is 616 g/mol. The molecule has 0 bridgehead atoms. The quantitative estimate of drug-likeness (QED) is 0.321. The highest BCUT2D eigenvalue weighted by molar-refractivity contribution is 6.33. The predicted molar refractivity (Wildman–Crippen MR) is 176 cm³/mol. The maximum Gasteiger partial charge on any atom is 0.441 e. The Morgan fingerprint density at radius 1 is 1.14 bits per heavy atom. The van der Waals surface area contributed by atoms with Crippen LogP contribution in [0, 0.1) is 5.92 Å². The summed E-state index contributed by atoms with van der Waals surface area (Å²) in [5.74, 6) is 0.648. The number of rotatable bonds is 3. The first-order valence-electron chi connectivity index (χ1n) is 15.3. The zero-order chi connectivity index (χ0) is 31.7. The van der Waals surface area contributed by atoms with Gasteiger partial charge in [0.15, 0.2) is 11.5 Å². The van der Waals surface area contributed by atoms with Crippen LogP contribution in [0.3, 0.4) is 0 Å². The molecule has 4 atom stereocenters. The molecule has 1 aromatic carbocycles. The van der Waals surface area contributed by atoms with Crippen molar-refractivity contribution in [2.45, 2.75) is 78.6 Å². The van der Waals surface area contributed by atoms with Gasteiger partial charge in [-0.3, -0.25) is 4.99 Å². The first kappa shape index (κ1) is 30.1. The lowest BCUT2D eigenvalue weighted by atomic mass is 9.94. The maximum atomic E-state index is 14.2. The number of aliphatic imine (C=N–C) groups is 1. The molecule has 0 N–H and O–H groups in total. The minimum Gasteiger partial charge on any atom is -0.444 e. The van der Waals surface area contributed by atoms with E-state index in [9.17, 15) is 9.59 Å². The van der Waals surface area contributed by atoms with Crippen LogP contribution in [0.4, 0.5) is 10.6 Å². The number of benzene rings is 1. The maximum absolute atomic E-state index is 14.2. The van der Waals surface area contributed by atoms with Crippen LogP contribution in [0.2, 0.25) is 5.02 Å². The second-order valence-electron chi connectivity index (χ2n) is 13.2.